The molecular weight excluding hydrogens is 286 g/mol. The summed E-state index contributed by atoms with van der Waals surface area (Å²) in [5, 5.41) is 1.84. The normalized spacial score (nSPS) is 11.7. The van der Waals surface area contributed by atoms with E-state index in [0.29, 0.717) is 11.4 Å². The topological polar surface area (TPSA) is 55.4 Å². The van der Waals surface area contributed by atoms with Crippen LogP contribution in [0.25, 0.3) is 10.8 Å². The van der Waals surface area contributed by atoms with Crippen LogP contribution < -0.4 is 9.46 Å². The van der Waals surface area contributed by atoms with Gasteiger partial charge in [0.05, 0.1) is 12.0 Å². The van der Waals surface area contributed by atoms with Crippen LogP contribution in [0.2, 0.25) is 0 Å². The van der Waals surface area contributed by atoms with Crippen molar-refractivity contribution in [3.05, 3.63) is 36.4 Å². The van der Waals surface area contributed by atoms with Gasteiger partial charge in [0.25, 0.3) is 0 Å². The maximum Gasteiger partial charge on any atom is 0.240 e. The molecule has 0 aliphatic rings. The molecule has 1 N–H and O–H groups in total. The second kappa shape index (κ2) is 6.91. The number of ether oxygens (including phenoxy) is 1. The second-order valence-corrected chi connectivity index (χ2v) is 6.75. The summed E-state index contributed by atoms with van der Waals surface area (Å²) < 4.78 is 32.3. The highest BCUT2D eigenvalue weighted by Crippen LogP contribution is 2.23. The number of methoxy groups -OCH3 is 1. The predicted octanol–water partition coefficient (Wildman–Crippen LogP) is 3.32. The molecule has 0 saturated heterocycles. The SMILES string of the molecule is CCCCCNS(=O)(=O)c1ccc2cc(OC)ccc2c1. The Balaban J connectivity index is 2.21. The van der Waals surface area contributed by atoms with Gasteiger partial charge >= 0.3 is 0 Å². The van der Waals surface area contributed by atoms with E-state index in [2.05, 4.69) is 11.6 Å². The molecule has 0 aliphatic carbocycles. The first-order valence-electron chi connectivity index (χ1n) is 7.14. The first kappa shape index (κ1) is 15.8. The lowest BCUT2D eigenvalue weighted by Gasteiger charge is -2.08. The van der Waals surface area contributed by atoms with Gasteiger partial charge in [0.1, 0.15) is 5.75 Å². The largest absolute Gasteiger partial charge is 0.497 e. The predicted molar refractivity (Wildman–Crippen MR) is 85.2 cm³/mol. The average molecular weight is 307 g/mol. The second-order valence-electron chi connectivity index (χ2n) is 4.98. The molecule has 21 heavy (non-hydrogen) atoms. The first-order chi connectivity index (χ1) is 10.1. The summed E-state index contributed by atoms with van der Waals surface area (Å²) in [6.45, 7) is 2.57. The van der Waals surface area contributed by atoms with Crippen molar-refractivity contribution in [1.29, 1.82) is 0 Å². The fourth-order valence-electron chi connectivity index (χ4n) is 2.16. The fourth-order valence-corrected chi connectivity index (χ4v) is 3.27. The Morgan fingerprint density at radius 3 is 2.48 bits per heavy atom. The number of hydrogen-bond donors (Lipinski definition) is 1. The summed E-state index contributed by atoms with van der Waals surface area (Å²) in [4.78, 5) is 0.302. The molecule has 2 rings (SSSR count). The van der Waals surface area contributed by atoms with Gasteiger partial charge in [-0.1, -0.05) is 31.9 Å². The van der Waals surface area contributed by atoms with Crippen LogP contribution >= 0.6 is 0 Å². The molecular formula is C16H21NO3S. The molecule has 2 aromatic carbocycles. The van der Waals surface area contributed by atoms with Gasteiger partial charge in [0.15, 0.2) is 0 Å². The van der Waals surface area contributed by atoms with Gasteiger partial charge < -0.3 is 4.74 Å². The van der Waals surface area contributed by atoms with Gasteiger partial charge in [-0.3, -0.25) is 0 Å². The molecule has 2 aromatic rings. The van der Waals surface area contributed by atoms with Crippen molar-refractivity contribution < 1.29 is 13.2 Å². The summed E-state index contributed by atoms with van der Waals surface area (Å²) in [7, 11) is -1.82. The Morgan fingerprint density at radius 2 is 1.76 bits per heavy atom. The van der Waals surface area contributed by atoms with Crippen molar-refractivity contribution in [3.63, 3.8) is 0 Å². The van der Waals surface area contributed by atoms with Gasteiger partial charge in [-0.2, -0.15) is 0 Å². The Morgan fingerprint density at radius 1 is 1.05 bits per heavy atom. The lowest BCUT2D eigenvalue weighted by Crippen LogP contribution is -2.24. The quantitative estimate of drug-likeness (QED) is 0.798. The van der Waals surface area contributed by atoms with E-state index in [1.54, 1.807) is 25.3 Å². The molecule has 0 saturated carbocycles. The maximum absolute atomic E-state index is 12.2. The van der Waals surface area contributed by atoms with Crippen molar-refractivity contribution in [3.8, 4) is 5.75 Å². The van der Waals surface area contributed by atoms with Gasteiger partial charge in [-0.25, -0.2) is 13.1 Å². The van der Waals surface area contributed by atoms with E-state index in [-0.39, 0.29) is 0 Å². The molecule has 0 unspecified atom stereocenters. The van der Waals surface area contributed by atoms with Crippen molar-refractivity contribution in [1.82, 2.24) is 4.72 Å². The van der Waals surface area contributed by atoms with Gasteiger partial charge in [-0.15, -0.1) is 0 Å². The highest BCUT2D eigenvalue weighted by atomic mass is 32.2. The van der Waals surface area contributed by atoms with E-state index in [0.717, 1.165) is 35.8 Å². The van der Waals surface area contributed by atoms with Crippen molar-refractivity contribution in [2.45, 2.75) is 31.1 Å². The number of fused-ring (bicyclic) bond motifs is 1. The molecule has 0 bridgehead atoms. The number of sulfonamides is 1. The highest BCUT2D eigenvalue weighted by Gasteiger charge is 2.13. The minimum absolute atomic E-state index is 0.302. The van der Waals surface area contributed by atoms with Crippen LogP contribution in [-0.2, 0) is 10.0 Å². The lowest BCUT2D eigenvalue weighted by atomic mass is 10.1. The Bertz CT molecular complexity index is 711. The summed E-state index contributed by atoms with van der Waals surface area (Å²) >= 11 is 0. The zero-order valence-corrected chi connectivity index (χ0v) is 13.2. The molecule has 4 nitrogen and oxygen atoms in total. The van der Waals surface area contributed by atoms with E-state index in [9.17, 15) is 8.42 Å². The van der Waals surface area contributed by atoms with Crippen LogP contribution in [0.1, 0.15) is 26.2 Å². The Labute approximate surface area is 126 Å². The number of unbranched alkanes of at least 4 members (excludes halogenated alkanes) is 2. The van der Waals surface area contributed by atoms with Crippen LogP contribution in [0, 0.1) is 0 Å². The Kier molecular flexibility index (Phi) is 5.20. The number of benzene rings is 2. The fraction of sp³-hybridized carbons (Fsp3) is 0.375. The number of rotatable bonds is 7. The summed E-state index contributed by atoms with van der Waals surface area (Å²) in [6.07, 6.45) is 2.96. The van der Waals surface area contributed by atoms with E-state index >= 15 is 0 Å². The molecule has 0 heterocycles. The highest BCUT2D eigenvalue weighted by molar-refractivity contribution is 7.89. The third-order valence-electron chi connectivity index (χ3n) is 3.40. The number of hydrogen-bond acceptors (Lipinski definition) is 3. The van der Waals surface area contributed by atoms with Crippen LogP contribution in [0.4, 0.5) is 0 Å². The van der Waals surface area contributed by atoms with Gasteiger partial charge in [0.2, 0.25) is 10.0 Å². The summed E-state index contributed by atoms with van der Waals surface area (Å²) in [6, 6.07) is 10.7. The minimum atomic E-state index is -3.43. The van der Waals surface area contributed by atoms with Crippen LogP contribution in [-0.4, -0.2) is 22.1 Å². The lowest BCUT2D eigenvalue weighted by molar-refractivity contribution is 0.415. The van der Waals surface area contributed by atoms with Crippen molar-refractivity contribution in [2.75, 3.05) is 13.7 Å². The van der Waals surface area contributed by atoms with Crippen molar-refractivity contribution >= 4 is 20.8 Å². The molecule has 0 fully saturated rings. The zero-order valence-electron chi connectivity index (χ0n) is 12.4. The first-order valence-corrected chi connectivity index (χ1v) is 8.62. The Hall–Kier alpha value is -1.59. The third kappa shape index (κ3) is 3.95. The third-order valence-corrected chi connectivity index (χ3v) is 4.86. The maximum atomic E-state index is 12.2. The van der Waals surface area contributed by atoms with Crippen molar-refractivity contribution in [2.24, 2.45) is 0 Å². The zero-order chi connectivity index (χ0) is 15.3. The average Bonchev–Trinajstić information content (AvgIpc) is 2.50. The van der Waals surface area contributed by atoms with Gasteiger partial charge in [0, 0.05) is 6.54 Å². The van der Waals surface area contributed by atoms with E-state index in [4.69, 9.17) is 4.74 Å². The van der Waals surface area contributed by atoms with Crippen LogP contribution in [0.15, 0.2) is 41.3 Å². The van der Waals surface area contributed by atoms with E-state index in [1.165, 1.54) is 0 Å². The van der Waals surface area contributed by atoms with Crippen LogP contribution in [0.3, 0.4) is 0 Å². The molecule has 0 aromatic heterocycles. The van der Waals surface area contributed by atoms with Crippen LogP contribution in [0.5, 0.6) is 5.75 Å². The molecule has 0 atom stereocenters. The van der Waals surface area contributed by atoms with E-state index in [1.807, 2.05) is 18.2 Å². The number of nitrogens with one attached hydrogen (secondary N) is 1. The molecule has 0 amide bonds. The summed E-state index contributed by atoms with van der Waals surface area (Å²) in [5.41, 5.74) is 0. The molecule has 0 aliphatic heterocycles. The molecule has 5 heteroatoms. The van der Waals surface area contributed by atoms with Gasteiger partial charge in [-0.05, 0) is 41.5 Å². The monoisotopic (exact) mass is 307 g/mol. The molecule has 0 spiro atoms. The smallest absolute Gasteiger partial charge is 0.240 e. The standard InChI is InChI=1S/C16H21NO3S/c1-3-4-5-10-17-21(18,19)16-9-7-13-11-15(20-2)8-6-14(13)12-16/h6-9,11-12,17H,3-5,10H2,1-2H3. The minimum Gasteiger partial charge on any atom is -0.497 e. The molecule has 0 radical (unpaired) electrons. The molecule has 114 valence electrons. The summed E-state index contributed by atoms with van der Waals surface area (Å²) in [5.74, 6) is 0.760. The van der Waals surface area contributed by atoms with E-state index < -0.39 is 10.0 Å².